The third-order valence-corrected chi connectivity index (χ3v) is 6.05. The number of rotatable bonds is 7. The summed E-state index contributed by atoms with van der Waals surface area (Å²) in [5.74, 6) is 0.640. The zero-order valence-electron chi connectivity index (χ0n) is 18.7. The monoisotopic (exact) mass is 455 g/mol. The maximum absolute atomic E-state index is 13.2. The summed E-state index contributed by atoms with van der Waals surface area (Å²) in [7, 11) is 0. The Balaban J connectivity index is 1.47. The fourth-order valence-corrected chi connectivity index (χ4v) is 4.43. The summed E-state index contributed by atoms with van der Waals surface area (Å²) in [5.41, 5.74) is 1.36. The number of aryl methyl sites for hydroxylation is 1. The molecule has 10 heteroatoms. The van der Waals surface area contributed by atoms with Gasteiger partial charge in [0.1, 0.15) is 17.4 Å². The molecule has 2 amide bonds. The second kappa shape index (κ2) is 9.93. The molecule has 1 unspecified atom stereocenters. The van der Waals surface area contributed by atoms with E-state index >= 15 is 0 Å². The Labute approximate surface area is 191 Å². The molecule has 2 fully saturated rings. The molecule has 0 aliphatic carbocycles. The van der Waals surface area contributed by atoms with Crippen molar-refractivity contribution in [2.75, 3.05) is 31.5 Å². The molecule has 10 nitrogen and oxygen atoms in total. The standard InChI is InChI=1S/C23H29N5O5/c1-16-12-17-13-18(7-8-20(17)33-16)24-21(14-28(31)32)25-19-6-2-3-11-27(23(19)30)15-22(29)26-9-4-5-10-26/h7-8,12-14,19,24-25H,2-6,9-11,15H2,1H3. The Morgan fingerprint density at radius 3 is 2.73 bits per heavy atom. The van der Waals surface area contributed by atoms with E-state index in [-0.39, 0.29) is 24.2 Å². The predicted octanol–water partition coefficient (Wildman–Crippen LogP) is 2.82. The van der Waals surface area contributed by atoms with Crippen LogP contribution in [0.4, 0.5) is 5.69 Å². The highest BCUT2D eigenvalue weighted by atomic mass is 16.6. The number of hydrogen-bond acceptors (Lipinski definition) is 7. The molecule has 1 aromatic heterocycles. The van der Waals surface area contributed by atoms with Gasteiger partial charge in [0.15, 0.2) is 5.82 Å². The van der Waals surface area contributed by atoms with Crippen molar-refractivity contribution < 1.29 is 18.9 Å². The van der Waals surface area contributed by atoms with Crippen LogP contribution in [0.3, 0.4) is 0 Å². The normalized spacial score (nSPS) is 19.6. The van der Waals surface area contributed by atoms with Crippen molar-refractivity contribution >= 4 is 28.5 Å². The fraction of sp³-hybridized carbons (Fsp3) is 0.478. The molecule has 1 atom stereocenters. The summed E-state index contributed by atoms with van der Waals surface area (Å²) in [6.45, 7) is 3.89. The minimum atomic E-state index is -0.655. The number of benzene rings is 1. The minimum Gasteiger partial charge on any atom is -0.461 e. The second-order valence-corrected chi connectivity index (χ2v) is 8.60. The lowest BCUT2D eigenvalue weighted by molar-refractivity contribution is -0.403. The SMILES string of the molecule is Cc1cc2cc(NC(=C[N+](=O)[O-])NC3CCCCN(CC(=O)N4CCCC4)C3=O)ccc2o1. The van der Waals surface area contributed by atoms with E-state index in [1.54, 1.807) is 21.9 Å². The van der Waals surface area contributed by atoms with Gasteiger partial charge in [0.25, 0.3) is 6.20 Å². The van der Waals surface area contributed by atoms with E-state index in [4.69, 9.17) is 4.42 Å². The van der Waals surface area contributed by atoms with Gasteiger partial charge in [0, 0.05) is 30.7 Å². The van der Waals surface area contributed by atoms with E-state index in [0.29, 0.717) is 18.7 Å². The number of carbonyl (C=O) groups is 2. The number of nitrogens with zero attached hydrogens (tertiary/aromatic N) is 3. The van der Waals surface area contributed by atoms with E-state index in [1.165, 1.54) is 0 Å². The minimum absolute atomic E-state index is 0.0376. The highest BCUT2D eigenvalue weighted by molar-refractivity contribution is 5.88. The zero-order chi connectivity index (χ0) is 23.4. The molecule has 0 spiro atoms. The molecule has 176 valence electrons. The van der Waals surface area contributed by atoms with E-state index in [1.807, 2.05) is 19.1 Å². The smallest absolute Gasteiger partial charge is 0.274 e. The van der Waals surface area contributed by atoms with Gasteiger partial charge >= 0.3 is 0 Å². The first kappa shape index (κ1) is 22.6. The lowest BCUT2D eigenvalue weighted by Crippen LogP contribution is -2.49. The van der Waals surface area contributed by atoms with Gasteiger partial charge in [0.2, 0.25) is 11.8 Å². The van der Waals surface area contributed by atoms with Gasteiger partial charge in [-0.25, -0.2) is 0 Å². The van der Waals surface area contributed by atoms with Crippen LogP contribution in [0, 0.1) is 17.0 Å². The molecule has 4 rings (SSSR count). The summed E-state index contributed by atoms with van der Waals surface area (Å²) in [5, 5.41) is 18.2. The van der Waals surface area contributed by atoms with Crippen LogP contribution in [0.15, 0.2) is 40.7 Å². The van der Waals surface area contributed by atoms with Gasteiger partial charge in [-0.15, -0.1) is 0 Å². The van der Waals surface area contributed by atoms with Crippen LogP contribution in [-0.4, -0.2) is 58.8 Å². The van der Waals surface area contributed by atoms with E-state index < -0.39 is 11.0 Å². The molecular formula is C23H29N5O5. The Morgan fingerprint density at radius 1 is 1.21 bits per heavy atom. The number of likely N-dealkylation sites (tertiary alicyclic amines) is 2. The molecule has 0 bridgehead atoms. The van der Waals surface area contributed by atoms with Crippen LogP contribution in [-0.2, 0) is 9.59 Å². The molecule has 2 N–H and O–H groups in total. The Hall–Kier alpha value is -3.56. The van der Waals surface area contributed by atoms with Gasteiger partial charge in [-0.2, -0.15) is 0 Å². The molecule has 33 heavy (non-hydrogen) atoms. The molecular weight excluding hydrogens is 426 g/mol. The Morgan fingerprint density at radius 2 is 1.97 bits per heavy atom. The molecule has 1 aromatic carbocycles. The zero-order valence-corrected chi connectivity index (χ0v) is 18.7. The first-order valence-corrected chi connectivity index (χ1v) is 11.3. The lowest BCUT2D eigenvalue weighted by atomic mass is 10.1. The van der Waals surface area contributed by atoms with Gasteiger partial charge in [-0.1, -0.05) is 0 Å². The molecule has 2 saturated heterocycles. The van der Waals surface area contributed by atoms with Gasteiger partial charge in [-0.05, 0) is 63.3 Å². The number of anilines is 1. The van der Waals surface area contributed by atoms with E-state index in [0.717, 1.165) is 61.7 Å². The number of fused-ring (bicyclic) bond motifs is 1. The third-order valence-electron chi connectivity index (χ3n) is 6.05. The van der Waals surface area contributed by atoms with Crippen molar-refractivity contribution in [1.82, 2.24) is 15.1 Å². The van der Waals surface area contributed by atoms with Crippen LogP contribution in [0.1, 0.15) is 37.9 Å². The van der Waals surface area contributed by atoms with Gasteiger partial charge < -0.3 is 24.9 Å². The topological polar surface area (TPSA) is 121 Å². The van der Waals surface area contributed by atoms with Crippen LogP contribution in [0.25, 0.3) is 11.0 Å². The van der Waals surface area contributed by atoms with Crippen molar-refractivity contribution in [2.24, 2.45) is 0 Å². The van der Waals surface area contributed by atoms with Crippen molar-refractivity contribution in [1.29, 1.82) is 0 Å². The number of nitrogens with one attached hydrogen (secondary N) is 2. The van der Waals surface area contributed by atoms with Gasteiger partial charge in [0.05, 0.1) is 11.5 Å². The Kier molecular flexibility index (Phi) is 6.81. The molecule has 3 heterocycles. The average Bonchev–Trinajstić information content (AvgIpc) is 3.39. The second-order valence-electron chi connectivity index (χ2n) is 8.60. The van der Waals surface area contributed by atoms with Crippen molar-refractivity contribution in [3.63, 3.8) is 0 Å². The first-order chi connectivity index (χ1) is 15.9. The summed E-state index contributed by atoms with van der Waals surface area (Å²) in [4.78, 5) is 39.9. The van der Waals surface area contributed by atoms with Crippen LogP contribution in [0.5, 0.6) is 0 Å². The number of furan rings is 1. The summed E-state index contributed by atoms with van der Waals surface area (Å²) >= 11 is 0. The quantitative estimate of drug-likeness (QED) is 0.486. The number of amides is 2. The van der Waals surface area contributed by atoms with Crippen LogP contribution in [0.2, 0.25) is 0 Å². The maximum atomic E-state index is 13.2. The van der Waals surface area contributed by atoms with Crippen molar-refractivity contribution in [2.45, 2.75) is 45.1 Å². The maximum Gasteiger partial charge on any atom is 0.274 e. The number of hydrogen-bond donors (Lipinski definition) is 2. The first-order valence-electron chi connectivity index (χ1n) is 11.3. The molecule has 2 aliphatic rings. The highest BCUT2D eigenvalue weighted by Gasteiger charge is 2.30. The number of carbonyl (C=O) groups excluding carboxylic acids is 2. The lowest BCUT2D eigenvalue weighted by Gasteiger charge is -2.27. The highest BCUT2D eigenvalue weighted by Crippen LogP contribution is 2.23. The van der Waals surface area contributed by atoms with E-state index in [2.05, 4.69) is 10.6 Å². The van der Waals surface area contributed by atoms with E-state index in [9.17, 15) is 19.7 Å². The average molecular weight is 456 g/mol. The largest absolute Gasteiger partial charge is 0.461 e. The molecule has 0 radical (unpaired) electrons. The van der Waals surface area contributed by atoms with Crippen molar-refractivity contribution in [3.8, 4) is 0 Å². The Bertz CT molecular complexity index is 1070. The molecule has 2 aromatic rings. The summed E-state index contributed by atoms with van der Waals surface area (Å²) in [6.07, 6.45) is 4.91. The fourth-order valence-electron chi connectivity index (χ4n) is 4.43. The van der Waals surface area contributed by atoms with Gasteiger partial charge in [-0.3, -0.25) is 19.7 Å². The van der Waals surface area contributed by atoms with Crippen molar-refractivity contribution in [3.05, 3.63) is 52.2 Å². The summed E-state index contributed by atoms with van der Waals surface area (Å²) in [6, 6.07) is 6.61. The molecule has 0 saturated carbocycles. The molecule has 2 aliphatic heterocycles. The van der Waals surface area contributed by atoms with Crippen LogP contribution >= 0.6 is 0 Å². The number of nitro groups is 1. The summed E-state index contributed by atoms with van der Waals surface area (Å²) < 4.78 is 5.57. The third kappa shape index (κ3) is 5.63. The predicted molar refractivity (Wildman–Crippen MR) is 123 cm³/mol. The van der Waals surface area contributed by atoms with Crippen LogP contribution < -0.4 is 10.6 Å².